The van der Waals surface area contributed by atoms with Gasteiger partial charge in [0.25, 0.3) is 5.91 Å². The van der Waals surface area contributed by atoms with Crippen molar-refractivity contribution in [3.05, 3.63) is 94.4 Å². The third-order valence-corrected chi connectivity index (χ3v) is 6.00. The lowest BCUT2D eigenvalue weighted by Gasteiger charge is -2.27. The van der Waals surface area contributed by atoms with Crippen LogP contribution in [-0.4, -0.2) is 41.2 Å². The summed E-state index contributed by atoms with van der Waals surface area (Å²) in [4.78, 5) is 30.2. The molecule has 0 aliphatic heterocycles. The zero-order chi connectivity index (χ0) is 24.3. The Morgan fingerprint density at radius 2 is 1.62 bits per heavy atom. The van der Waals surface area contributed by atoms with Gasteiger partial charge in [0.15, 0.2) is 0 Å². The van der Waals surface area contributed by atoms with Crippen molar-refractivity contribution in [3.8, 4) is 0 Å². The molecule has 2 amide bonds. The highest BCUT2D eigenvalue weighted by Gasteiger charge is 2.23. The summed E-state index contributed by atoms with van der Waals surface area (Å²) in [6, 6.07) is 20.7. The van der Waals surface area contributed by atoms with Gasteiger partial charge in [-0.25, -0.2) is 0 Å². The van der Waals surface area contributed by atoms with Crippen molar-refractivity contribution in [1.82, 2.24) is 9.80 Å². The van der Waals surface area contributed by atoms with Crippen molar-refractivity contribution in [2.24, 2.45) is 0 Å². The Morgan fingerprint density at radius 1 is 0.882 bits per heavy atom. The molecular weight excluding hydrogens is 448 g/mol. The lowest BCUT2D eigenvalue weighted by molar-refractivity contribution is -0.132. The molecule has 0 aliphatic rings. The number of furan rings is 1. The van der Waals surface area contributed by atoms with E-state index in [1.165, 1.54) is 0 Å². The molecule has 3 rings (SSSR count). The molecule has 6 heteroatoms. The van der Waals surface area contributed by atoms with Crippen molar-refractivity contribution in [2.75, 3.05) is 19.6 Å². The second-order valence-corrected chi connectivity index (χ2v) is 8.94. The van der Waals surface area contributed by atoms with E-state index < -0.39 is 0 Å². The minimum Gasteiger partial charge on any atom is -0.464 e. The Labute approximate surface area is 207 Å². The van der Waals surface area contributed by atoms with Crippen LogP contribution in [-0.2, 0) is 17.8 Å². The maximum Gasteiger partial charge on any atom is 0.254 e. The van der Waals surface area contributed by atoms with Crippen LogP contribution < -0.4 is 0 Å². The fourth-order valence-electron chi connectivity index (χ4n) is 3.80. The van der Waals surface area contributed by atoms with Gasteiger partial charge in [0.05, 0.1) is 6.54 Å². The van der Waals surface area contributed by atoms with Crippen molar-refractivity contribution in [2.45, 2.75) is 46.1 Å². The highest BCUT2D eigenvalue weighted by Crippen LogP contribution is 2.15. The van der Waals surface area contributed by atoms with E-state index in [4.69, 9.17) is 16.0 Å². The predicted octanol–water partition coefficient (Wildman–Crippen LogP) is 6.15. The summed E-state index contributed by atoms with van der Waals surface area (Å²) in [5.41, 5.74) is 1.69. The van der Waals surface area contributed by atoms with Crippen LogP contribution in [0.3, 0.4) is 0 Å². The van der Waals surface area contributed by atoms with Gasteiger partial charge in [-0.3, -0.25) is 9.59 Å². The Balaban J connectivity index is 1.75. The first-order valence-corrected chi connectivity index (χ1v) is 12.3. The highest BCUT2D eigenvalue weighted by molar-refractivity contribution is 6.30. The van der Waals surface area contributed by atoms with Crippen LogP contribution in [0.15, 0.2) is 71.1 Å². The van der Waals surface area contributed by atoms with Crippen LogP contribution in [0.1, 0.15) is 53.6 Å². The Bertz CT molecular complexity index is 1050. The minimum atomic E-state index is -0.155. The third-order valence-electron chi connectivity index (χ3n) is 5.74. The van der Waals surface area contributed by atoms with Gasteiger partial charge in [0.2, 0.25) is 5.91 Å². The van der Waals surface area contributed by atoms with E-state index in [0.717, 1.165) is 42.8 Å². The molecule has 3 aromatic rings. The van der Waals surface area contributed by atoms with Crippen LogP contribution in [0.5, 0.6) is 0 Å². The normalized spacial score (nSPS) is 10.8. The Morgan fingerprint density at radius 3 is 2.26 bits per heavy atom. The summed E-state index contributed by atoms with van der Waals surface area (Å²) < 4.78 is 5.74. The number of rotatable bonds is 12. The molecule has 2 aromatic carbocycles. The molecule has 0 N–H and O–H groups in total. The second-order valence-electron chi connectivity index (χ2n) is 8.50. The van der Waals surface area contributed by atoms with E-state index in [9.17, 15) is 9.59 Å². The number of nitrogens with zero attached hydrogens (tertiary/aromatic N) is 2. The lowest BCUT2D eigenvalue weighted by atomic mass is 10.1. The van der Waals surface area contributed by atoms with Crippen LogP contribution in [0.4, 0.5) is 0 Å². The first-order chi connectivity index (χ1) is 16.5. The van der Waals surface area contributed by atoms with E-state index in [-0.39, 0.29) is 18.4 Å². The monoisotopic (exact) mass is 480 g/mol. The first-order valence-electron chi connectivity index (χ1n) is 11.9. The molecule has 0 saturated carbocycles. The zero-order valence-electron chi connectivity index (χ0n) is 20.0. The molecule has 0 fully saturated rings. The van der Waals surface area contributed by atoms with E-state index >= 15 is 0 Å². The quantitative estimate of drug-likeness (QED) is 0.292. The van der Waals surface area contributed by atoms with E-state index in [1.807, 2.05) is 37.3 Å². The predicted molar refractivity (Wildman–Crippen MR) is 136 cm³/mol. The van der Waals surface area contributed by atoms with Gasteiger partial charge >= 0.3 is 0 Å². The molecule has 0 aliphatic carbocycles. The summed E-state index contributed by atoms with van der Waals surface area (Å²) in [6.45, 7) is 5.48. The molecule has 5 nitrogen and oxygen atoms in total. The third kappa shape index (κ3) is 7.77. The molecule has 180 valence electrons. The van der Waals surface area contributed by atoms with Crippen LogP contribution in [0, 0.1) is 6.92 Å². The molecular formula is C28H33ClN2O3. The van der Waals surface area contributed by atoms with Gasteiger partial charge in [0.1, 0.15) is 18.1 Å². The van der Waals surface area contributed by atoms with Crippen LogP contribution in [0.2, 0.25) is 5.02 Å². The summed E-state index contributed by atoms with van der Waals surface area (Å²) in [5, 5.41) is 0.575. The molecule has 0 spiro atoms. The lowest BCUT2D eigenvalue weighted by Crippen LogP contribution is -2.43. The number of unbranched alkanes of at least 4 members (excludes halogenated alkanes) is 2. The summed E-state index contributed by atoms with van der Waals surface area (Å²) in [6.07, 6.45) is 3.62. The number of carbonyl (C=O) groups is 2. The topological polar surface area (TPSA) is 53.8 Å². The molecule has 1 heterocycles. The molecule has 0 unspecified atom stereocenters. The standard InChI is InChI=1S/C28H33ClN2O3/c1-3-4-8-18-31(28(33)24-12-14-25(29)15-13-24)21-27(32)30(20-26-16-11-22(2)34-26)19-17-23-9-6-5-7-10-23/h5-7,9-16H,3-4,8,17-21H2,1-2H3. The largest absolute Gasteiger partial charge is 0.464 e. The molecule has 1 aromatic heterocycles. The van der Waals surface area contributed by atoms with Gasteiger partial charge in [-0.05, 0) is 61.7 Å². The number of aryl methyl sites for hydroxylation is 1. The van der Waals surface area contributed by atoms with Crippen molar-refractivity contribution >= 4 is 23.4 Å². The molecule has 0 bridgehead atoms. The Hall–Kier alpha value is -3.05. The number of benzene rings is 2. The van der Waals surface area contributed by atoms with E-state index in [2.05, 4.69) is 19.1 Å². The molecule has 0 saturated heterocycles. The summed E-state index contributed by atoms with van der Waals surface area (Å²) in [7, 11) is 0. The first kappa shape index (κ1) is 25.6. The van der Waals surface area contributed by atoms with Gasteiger partial charge in [0, 0.05) is 23.7 Å². The molecule has 34 heavy (non-hydrogen) atoms. The van der Waals surface area contributed by atoms with Crippen LogP contribution in [0.25, 0.3) is 0 Å². The maximum atomic E-state index is 13.5. The van der Waals surface area contributed by atoms with E-state index in [1.54, 1.807) is 34.1 Å². The van der Waals surface area contributed by atoms with Crippen molar-refractivity contribution < 1.29 is 14.0 Å². The van der Waals surface area contributed by atoms with Crippen LogP contribution >= 0.6 is 11.6 Å². The highest BCUT2D eigenvalue weighted by atomic mass is 35.5. The zero-order valence-corrected chi connectivity index (χ0v) is 20.8. The van der Waals surface area contributed by atoms with Gasteiger partial charge in [-0.15, -0.1) is 0 Å². The maximum absolute atomic E-state index is 13.5. The number of hydrogen-bond acceptors (Lipinski definition) is 3. The number of amides is 2. The van der Waals surface area contributed by atoms with Gasteiger partial charge in [-0.2, -0.15) is 0 Å². The fourth-order valence-corrected chi connectivity index (χ4v) is 3.93. The SMILES string of the molecule is CCCCCN(CC(=O)N(CCc1ccccc1)Cc1ccc(C)o1)C(=O)c1ccc(Cl)cc1. The summed E-state index contributed by atoms with van der Waals surface area (Å²) >= 11 is 5.99. The van der Waals surface area contributed by atoms with Crippen molar-refractivity contribution in [1.29, 1.82) is 0 Å². The van der Waals surface area contributed by atoms with E-state index in [0.29, 0.717) is 30.2 Å². The molecule has 0 radical (unpaired) electrons. The fraction of sp³-hybridized carbons (Fsp3) is 0.357. The molecule has 0 atom stereocenters. The van der Waals surface area contributed by atoms with Gasteiger partial charge in [-0.1, -0.05) is 61.7 Å². The smallest absolute Gasteiger partial charge is 0.254 e. The summed E-state index contributed by atoms with van der Waals surface area (Å²) in [5.74, 6) is 1.30. The number of hydrogen-bond donors (Lipinski definition) is 0. The second kappa shape index (κ2) is 13.0. The number of carbonyl (C=O) groups excluding carboxylic acids is 2. The van der Waals surface area contributed by atoms with Gasteiger partial charge < -0.3 is 14.2 Å². The Kier molecular flexibility index (Phi) is 9.77. The minimum absolute atomic E-state index is 0.0274. The average molecular weight is 481 g/mol. The van der Waals surface area contributed by atoms with Crippen molar-refractivity contribution in [3.63, 3.8) is 0 Å². The number of halogens is 1. The average Bonchev–Trinajstić information content (AvgIpc) is 3.26.